The molecule has 7 nitrogen and oxygen atoms in total. The van der Waals surface area contributed by atoms with E-state index in [0.29, 0.717) is 35.6 Å². The maximum absolute atomic E-state index is 14.4. The zero-order chi connectivity index (χ0) is 20.8. The number of pyridine rings is 2. The number of rotatable bonds is 2. The van der Waals surface area contributed by atoms with E-state index in [0.717, 1.165) is 12.3 Å². The van der Waals surface area contributed by atoms with Crippen molar-refractivity contribution in [3.05, 3.63) is 57.6 Å². The van der Waals surface area contributed by atoms with Gasteiger partial charge >= 0.3 is 6.18 Å². The van der Waals surface area contributed by atoms with Gasteiger partial charge < -0.3 is 14.9 Å². The Kier molecular flexibility index (Phi) is 4.59. The summed E-state index contributed by atoms with van der Waals surface area (Å²) in [6.45, 7) is 0.468. The molecule has 0 atom stereocenters. The first-order valence-electron chi connectivity index (χ1n) is 8.83. The summed E-state index contributed by atoms with van der Waals surface area (Å²) in [5, 5.41) is 0. The van der Waals surface area contributed by atoms with Gasteiger partial charge in [0, 0.05) is 18.7 Å². The summed E-state index contributed by atoms with van der Waals surface area (Å²) in [6.07, 6.45) is -1.31. The minimum atomic E-state index is -4.70. The maximum Gasteiger partial charge on any atom is 0.431 e. The molecule has 1 aliphatic rings. The highest BCUT2D eigenvalue weighted by Gasteiger charge is 2.33. The van der Waals surface area contributed by atoms with Gasteiger partial charge in [-0.1, -0.05) is 0 Å². The Labute approximate surface area is 160 Å². The molecule has 1 amide bonds. The Morgan fingerprint density at radius 3 is 2.55 bits per heavy atom. The second-order valence-electron chi connectivity index (χ2n) is 6.80. The van der Waals surface area contributed by atoms with E-state index in [1.807, 2.05) is 0 Å². The van der Waals surface area contributed by atoms with E-state index >= 15 is 0 Å². The standard InChI is InChI=1S/C18H15F4N5O2/c19-11-7-23-15-14(24-8-25-15)13(11)9-3-5-27(6-4-9)17(29)10-1-2-12(18(20,21)22)26-16(10)28/h1-2,7-9H,3-6H2,(H,26,28)(H,23,24,25). The molecular weight excluding hydrogens is 394 g/mol. The molecule has 0 spiro atoms. The van der Waals surface area contributed by atoms with E-state index in [9.17, 15) is 27.2 Å². The van der Waals surface area contributed by atoms with Crippen molar-refractivity contribution in [3.8, 4) is 0 Å². The SMILES string of the molecule is O=C(c1ccc(C(F)(F)F)[nH]c1=O)N1CCC(c2c(F)cnc3[nH]cnc23)CC1. The fourth-order valence-corrected chi connectivity index (χ4v) is 3.62. The van der Waals surface area contributed by atoms with Crippen LogP contribution in [-0.4, -0.2) is 43.8 Å². The summed E-state index contributed by atoms with van der Waals surface area (Å²) in [5.74, 6) is -1.33. The fraction of sp³-hybridized carbons (Fsp3) is 0.333. The van der Waals surface area contributed by atoms with Gasteiger partial charge in [0.1, 0.15) is 22.6 Å². The first-order valence-corrected chi connectivity index (χ1v) is 8.83. The van der Waals surface area contributed by atoms with Gasteiger partial charge in [-0.05, 0) is 30.9 Å². The van der Waals surface area contributed by atoms with Gasteiger partial charge in [-0.25, -0.2) is 14.4 Å². The van der Waals surface area contributed by atoms with Crippen LogP contribution >= 0.6 is 0 Å². The smallest absolute Gasteiger partial charge is 0.338 e. The fourth-order valence-electron chi connectivity index (χ4n) is 3.62. The lowest BCUT2D eigenvalue weighted by Gasteiger charge is -2.32. The number of carbonyl (C=O) groups excluding carboxylic acids is 1. The predicted octanol–water partition coefficient (Wildman–Crippen LogP) is 2.82. The monoisotopic (exact) mass is 409 g/mol. The summed E-state index contributed by atoms with van der Waals surface area (Å²) in [4.78, 5) is 38.5. The van der Waals surface area contributed by atoms with Crippen molar-refractivity contribution in [1.82, 2.24) is 24.8 Å². The molecule has 0 aromatic carbocycles. The molecule has 0 aliphatic carbocycles. The van der Waals surface area contributed by atoms with Gasteiger partial charge in [-0.2, -0.15) is 13.2 Å². The Morgan fingerprint density at radius 2 is 1.90 bits per heavy atom. The Balaban J connectivity index is 1.51. The number of nitrogens with one attached hydrogen (secondary N) is 2. The van der Waals surface area contributed by atoms with Gasteiger partial charge in [0.05, 0.1) is 12.5 Å². The third kappa shape index (κ3) is 3.47. The molecule has 4 heterocycles. The Morgan fingerprint density at radius 1 is 1.17 bits per heavy atom. The Hall–Kier alpha value is -3.24. The average molecular weight is 409 g/mol. The van der Waals surface area contributed by atoms with Crippen LogP contribution in [0.4, 0.5) is 17.6 Å². The van der Waals surface area contributed by atoms with Crippen molar-refractivity contribution in [2.45, 2.75) is 24.9 Å². The zero-order valence-electron chi connectivity index (χ0n) is 14.9. The van der Waals surface area contributed by atoms with Crippen molar-refractivity contribution < 1.29 is 22.4 Å². The van der Waals surface area contributed by atoms with Crippen molar-refractivity contribution in [3.63, 3.8) is 0 Å². The summed E-state index contributed by atoms with van der Waals surface area (Å²) in [5.41, 5.74) is -1.33. The molecule has 4 rings (SSSR count). The van der Waals surface area contributed by atoms with Gasteiger partial charge in [0.2, 0.25) is 0 Å². The highest BCUT2D eigenvalue weighted by atomic mass is 19.4. The third-order valence-electron chi connectivity index (χ3n) is 5.07. The van der Waals surface area contributed by atoms with Crippen LogP contribution in [0.1, 0.15) is 40.4 Å². The molecule has 2 N–H and O–H groups in total. The minimum Gasteiger partial charge on any atom is -0.338 e. The van der Waals surface area contributed by atoms with Crippen molar-refractivity contribution in [1.29, 1.82) is 0 Å². The van der Waals surface area contributed by atoms with Crippen LogP contribution in [0.3, 0.4) is 0 Å². The van der Waals surface area contributed by atoms with Crippen LogP contribution in [0, 0.1) is 5.82 Å². The van der Waals surface area contributed by atoms with Crippen LogP contribution in [0.5, 0.6) is 0 Å². The zero-order valence-corrected chi connectivity index (χ0v) is 14.9. The maximum atomic E-state index is 14.4. The first kappa shape index (κ1) is 19.1. The van der Waals surface area contributed by atoms with Crippen LogP contribution in [0.15, 0.2) is 29.5 Å². The van der Waals surface area contributed by atoms with Crippen LogP contribution in [0.25, 0.3) is 11.2 Å². The number of H-pyrrole nitrogens is 2. The van der Waals surface area contributed by atoms with Gasteiger partial charge in [0.15, 0.2) is 5.65 Å². The highest BCUT2D eigenvalue weighted by Crippen LogP contribution is 2.33. The number of hydrogen-bond acceptors (Lipinski definition) is 4. The molecule has 152 valence electrons. The first-order chi connectivity index (χ1) is 13.8. The van der Waals surface area contributed by atoms with Crippen LogP contribution in [-0.2, 0) is 6.18 Å². The van der Waals surface area contributed by atoms with Crippen LogP contribution < -0.4 is 5.56 Å². The van der Waals surface area contributed by atoms with Gasteiger partial charge in [-0.3, -0.25) is 9.59 Å². The number of halogens is 4. The van der Waals surface area contributed by atoms with E-state index in [1.165, 1.54) is 11.2 Å². The summed E-state index contributed by atoms with van der Waals surface area (Å²) >= 11 is 0. The van der Waals surface area contributed by atoms with E-state index in [1.54, 1.807) is 4.98 Å². The summed E-state index contributed by atoms with van der Waals surface area (Å²) in [6, 6.07) is 1.55. The lowest BCUT2D eigenvalue weighted by atomic mass is 9.88. The highest BCUT2D eigenvalue weighted by molar-refractivity contribution is 5.94. The molecule has 3 aromatic rings. The molecule has 0 unspecified atom stereocenters. The molecule has 0 bridgehead atoms. The number of carbonyl (C=O) groups is 1. The lowest BCUT2D eigenvalue weighted by molar-refractivity contribution is -0.141. The molecule has 0 radical (unpaired) electrons. The molecular formula is C18H15F4N5O2. The average Bonchev–Trinajstić information content (AvgIpc) is 3.15. The number of amides is 1. The lowest BCUT2D eigenvalue weighted by Crippen LogP contribution is -2.40. The normalized spacial score (nSPS) is 15.8. The number of likely N-dealkylation sites (tertiary alicyclic amines) is 1. The summed E-state index contributed by atoms with van der Waals surface area (Å²) < 4.78 is 52.4. The molecule has 1 aliphatic heterocycles. The second kappa shape index (κ2) is 6.98. The van der Waals surface area contributed by atoms with E-state index in [2.05, 4.69) is 15.0 Å². The molecule has 11 heteroatoms. The molecule has 29 heavy (non-hydrogen) atoms. The largest absolute Gasteiger partial charge is 0.431 e. The molecule has 3 aromatic heterocycles. The number of alkyl halides is 3. The molecule has 0 saturated carbocycles. The van der Waals surface area contributed by atoms with Crippen molar-refractivity contribution in [2.24, 2.45) is 0 Å². The van der Waals surface area contributed by atoms with E-state index < -0.39 is 29.2 Å². The number of hydrogen-bond donors (Lipinski definition) is 2. The molecule has 1 fully saturated rings. The van der Waals surface area contributed by atoms with Crippen molar-refractivity contribution in [2.75, 3.05) is 13.1 Å². The van der Waals surface area contributed by atoms with Gasteiger partial charge in [-0.15, -0.1) is 0 Å². The predicted molar refractivity (Wildman–Crippen MR) is 93.8 cm³/mol. The van der Waals surface area contributed by atoms with Crippen LogP contribution in [0.2, 0.25) is 0 Å². The number of aromatic nitrogens is 4. The van der Waals surface area contributed by atoms with E-state index in [4.69, 9.17) is 0 Å². The number of nitrogens with zero attached hydrogens (tertiary/aromatic N) is 3. The third-order valence-corrected chi connectivity index (χ3v) is 5.07. The topological polar surface area (TPSA) is 94.7 Å². The minimum absolute atomic E-state index is 0.196. The number of piperidine rings is 1. The quantitative estimate of drug-likeness (QED) is 0.637. The summed E-state index contributed by atoms with van der Waals surface area (Å²) in [7, 11) is 0. The Bertz CT molecular complexity index is 1130. The second-order valence-corrected chi connectivity index (χ2v) is 6.80. The number of aromatic amines is 2. The number of imidazole rings is 1. The van der Waals surface area contributed by atoms with E-state index in [-0.39, 0.29) is 24.6 Å². The van der Waals surface area contributed by atoms with Gasteiger partial charge in [0.25, 0.3) is 11.5 Å². The molecule has 1 saturated heterocycles. The number of fused-ring (bicyclic) bond motifs is 1. The van der Waals surface area contributed by atoms with Crippen molar-refractivity contribution >= 4 is 17.1 Å².